The Morgan fingerprint density at radius 2 is 2.04 bits per heavy atom. The van der Waals surface area contributed by atoms with Crippen molar-refractivity contribution >= 4 is 56.0 Å². The number of halogens is 2. The molecule has 0 aliphatic rings. The van der Waals surface area contributed by atoms with Crippen molar-refractivity contribution in [2.75, 3.05) is 7.05 Å². The summed E-state index contributed by atoms with van der Waals surface area (Å²) in [7, 11) is 5.80. The van der Waals surface area contributed by atoms with Gasteiger partial charge in [0, 0.05) is 24.1 Å². The summed E-state index contributed by atoms with van der Waals surface area (Å²) in [6.07, 6.45) is 2.14. The number of aryl methyl sites for hydroxylation is 1. The summed E-state index contributed by atoms with van der Waals surface area (Å²) in [6.45, 7) is 1.91. The highest BCUT2D eigenvalue weighted by Gasteiger charge is 2.15. The fourth-order valence-corrected chi connectivity index (χ4v) is 2.93. The number of aromatic nitrogens is 3. The van der Waals surface area contributed by atoms with E-state index >= 15 is 0 Å². The van der Waals surface area contributed by atoms with Gasteiger partial charge in [0.25, 0.3) is 0 Å². The highest BCUT2D eigenvalue weighted by Crippen LogP contribution is 2.22. The van der Waals surface area contributed by atoms with Gasteiger partial charge in [-0.2, -0.15) is 10.1 Å². The average molecular weight is 429 g/mol. The van der Waals surface area contributed by atoms with Gasteiger partial charge in [0.05, 0.1) is 13.1 Å². The van der Waals surface area contributed by atoms with E-state index in [-0.39, 0.29) is 18.9 Å². The molecule has 0 aliphatic heterocycles. The second kappa shape index (κ2) is 9.26. The van der Waals surface area contributed by atoms with Gasteiger partial charge in [-0.05, 0) is 29.9 Å². The van der Waals surface area contributed by atoms with Crippen LogP contribution < -0.4 is 5.30 Å². The van der Waals surface area contributed by atoms with Crippen LogP contribution >= 0.6 is 32.4 Å². The predicted molar refractivity (Wildman–Crippen MR) is 108 cm³/mol. The van der Waals surface area contributed by atoms with E-state index in [1.54, 1.807) is 44.2 Å². The number of hydrogen-bond acceptors (Lipinski definition) is 4. The summed E-state index contributed by atoms with van der Waals surface area (Å²) in [4.78, 5) is 34.4. The molecule has 0 bridgehead atoms. The highest BCUT2D eigenvalue weighted by molar-refractivity contribution is 7.28. The highest BCUT2D eigenvalue weighted by atomic mass is 35.5. The standard InChI is InChI=1S/C16H19Cl2N6O2P/c1-10(20-16(26)22(2)7-15-19-8-23(3)21-15)24(9-25)6-11-4-13(18)14(27)5-12(11)17/h4-5,8-9H,6-7,27H2,1-3H3/b20-10-. The van der Waals surface area contributed by atoms with Crippen molar-refractivity contribution < 1.29 is 9.59 Å². The lowest BCUT2D eigenvalue weighted by molar-refractivity contribution is -0.115. The molecule has 1 unspecified atom stereocenters. The number of aliphatic imine (C=N–C) groups is 1. The zero-order chi connectivity index (χ0) is 20.1. The number of nitrogens with zero attached hydrogens (tertiary/aromatic N) is 6. The normalized spacial score (nSPS) is 11.4. The number of amidine groups is 1. The molecule has 1 heterocycles. The molecule has 0 saturated heterocycles. The minimum atomic E-state index is -0.517. The summed E-state index contributed by atoms with van der Waals surface area (Å²) in [5.74, 6) is 0.727. The smallest absolute Gasteiger partial charge is 0.318 e. The van der Waals surface area contributed by atoms with Gasteiger partial charge >= 0.3 is 6.03 Å². The van der Waals surface area contributed by atoms with Crippen molar-refractivity contribution in [2.45, 2.75) is 20.0 Å². The molecule has 3 amide bonds. The van der Waals surface area contributed by atoms with Gasteiger partial charge in [-0.3, -0.25) is 14.4 Å². The maximum Gasteiger partial charge on any atom is 0.345 e. The minimum absolute atomic E-state index is 0.140. The first-order valence-electron chi connectivity index (χ1n) is 7.81. The molecule has 1 aromatic heterocycles. The molecule has 0 aliphatic carbocycles. The van der Waals surface area contributed by atoms with Crippen LogP contribution in [-0.4, -0.2) is 49.9 Å². The SMILES string of the molecule is C/C(=N/C(=O)N(C)Cc1ncn(C)n1)N(C=O)Cc1cc(Cl)c(P)cc1Cl. The fourth-order valence-electron chi connectivity index (χ4n) is 2.16. The molecule has 0 saturated carbocycles. The third-order valence-corrected chi connectivity index (χ3v) is 5.00. The van der Waals surface area contributed by atoms with Crippen molar-refractivity contribution in [1.82, 2.24) is 24.6 Å². The molecule has 27 heavy (non-hydrogen) atoms. The number of carbonyl (C=O) groups is 2. The van der Waals surface area contributed by atoms with Crippen molar-refractivity contribution in [2.24, 2.45) is 12.0 Å². The zero-order valence-electron chi connectivity index (χ0n) is 15.1. The second-order valence-electron chi connectivity index (χ2n) is 5.83. The predicted octanol–water partition coefficient (Wildman–Crippen LogP) is 2.25. The Kier molecular flexibility index (Phi) is 7.30. The molecule has 0 fully saturated rings. The van der Waals surface area contributed by atoms with Crippen LogP contribution in [0.1, 0.15) is 18.3 Å². The minimum Gasteiger partial charge on any atom is -0.318 e. The van der Waals surface area contributed by atoms with Crippen molar-refractivity contribution in [3.05, 3.63) is 39.9 Å². The first kappa shape index (κ1) is 21.3. The third kappa shape index (κ3) is 5.73. The topological polar surface area (TPSA) is 83.7 Å². The van der Waals surface area contributed by atoms with Crippen molar-refractivity contribution in [3.8, 4) is 0 Å². The van der Waals surface area contributed by atoms with E-state index in [1.807, 2.05) is 0 Å². The molecule has 2 rings (SSSR count). The Labute approximate surface area is 169 Å². The number of urea groups is 1. The summed E-state index contributed by atoms with van der Waals surface area (Å²) in [5.41, 5.74) is 0.646. The maximum absolute atomic E-state index is 12.3. The number of rotatable bonds is 5. The Morgan fingerprint density at radius 3 is 2.63 bits per heavy atom. The van der Waals surface area contributed by atoms with E-state index < -0.39 is 6.03 Å². The van der Waals surface area contributed by atoms with Crippen LogP contribution in [0.15, 0.2) is 23.5 Å². The monoisotopic (exact) mass is 428 g/mol. The first-order chi connectivity index (χ1) is 12.7. The van der Waals surface area contributed by atoms with Crippen LogP contribution in [0.4, 0.5) is 4.79 Å². The number of amides is 3. The summed E-state index contributed by atoms with van der Waals surface area (Å²) in [5, 5.41) is 5.85. The molecule has 2 aromatic rings. The zero-order valence-corrected chi connectivity index (χ0v) is 17.7. The lowest BCUT2D eigenvalue weighted by Crippen LogP contribution is -2.31. The fraction of sp³-hybridized carbons (Fsp3) is 0.312. The van der Waals surface area contributed by atoms with Crippen LogP contribution in [0.5, 0.6) is 0 Å². The van der Waals surface area contributed by atoms with Gasteiger partial charge in [-0.15, -0.1) is 9.24 Å². The molecular weight excluding hydrogens is 410 g/mol. The summed E-state index contributed by atoms with van der Waals surface area (Å²) >= 11 is 12.3. The number of benzene rings is 1. The largest absolute Gasteiger partial charge is 0.345 e. The average Bonchev–Trinajstić information content (AvgIpc) is 3.01. The van der Waals surface area contributed by atoms with Gasteiger partial charge < -0.3 is 4.90 Å². The Morgan fingerprint density at radius 1 is 1.33 bits per heavy atom. The van der Waals surface area contributed by atoms with Gasteiger partial charge in [0.2, 0.25) is 6.41 Å². The Balaban J connectivity index is 2.10. The van der Waals surface area contributed by atoms with Crippen molar-refractivity contribution in [3.63, 3.8) is 0 Å². The number of hydrogen-bond donors (Lipinski definition) is 0. The van der Waals surface area contributed by atoms with E-state index in [9.17, 15) is 9.59 Å². The van der Waals surface area contributed by atoms with E-state index in [4.69, 9.17) is 23.2 Å². The van der Waals surface area contributed by atoms with Gasteiger partial charge in [-0.1, -0.05) is 23.2 Å². The molecule has 0 spiro atoms. The Hall–Kier alpha value is -2.02. The van der Waals surface area contributed by atoms with Crippen LogP contribution in [0.25, 0.3) is 0 Å². The molecule has 144 valence electrons. The molecule has 1 aromatic carbocycles. The molecule has 0 radical (unpaired) electrons. The lowest BCUT2D eigenvalue weighted by Gasteiger charge is -2.19. The quantitative estimate of drug-likeness (QED) is 0.316. The van der Waals surface area contributed by atoms with Gasteiger partial charge in [-0.25, -0.2) is 9.78 Å². The second-order valence-corrected chi connectivity index (χ2v) is 7.27. The van der Waals surface area contributed by atoms with Crippen LogP contribution in [0.2, 0.25) is 10.0 Å². The van der Waals surface area contributed by atoms with Crippen molar-refractivity contribution in [1.29, 1.82) is 0 Å². The van der Waals surface area contributed by atoms with Gasteiger partial charge in [0.15, 0.2) is 5.82 Å². The Bertz CT molecular complexity index is 886. The molecule has 0 N–H and O–H groups in total. The van der Waals surface area contributed by atoms with E-state index in [0.717, 1.165) is 5.30 Å². The van der Waals surface area contributed by atoms with Crippen LogP contribution in [0, 0.1) is 0 Å². The number of carbonyl (C=O) groups excluding carboxylic acids is 2. The van der Waals surface area contributed by atoms with Crippen LogP contribution in [0.3, 0.4) is 0 Å². The summed E-state index contributed by atoms with van der Waals surface area (Å²) < 4.78 is 1.55. The molecule has 11 heteroatoms. The van der Waals surface area contributed by atoms with E-state index in [1.165, 1.54) is 9.80 Å². The molecular formula is C16H19Cl2N6O2P. The third-order valence-electron chi connectivity index (χ3n) is 3.66. The van der Waals surface area contributed by atoms with Crippen LogP contribution in [-0.2, 0) is 24.9 Å². The maximum atomic E-state index is 12.3. The van der Waals surface area contributed by atoms with E-state index in [2.05, 4.69) is 24.3 Å². The molecule has 1 atom stereocenters. The lowest BCUT2D eigenvalue weighted by atomic mass is 10.2. The summed E-state index contributed by atoms with van der Waals surface area (Å²) in [6, 6.07) is 2.85. The molecule has 8 nitrogen and oxygen atoms in total. The van der Waals surface area contributed by atoms with E-state index in [0.29, 0.717) is 27.8 Å². The first-order valence-corrected chi connectivity index (χ1v) is 9.14. The van der Waals surface area contributed by atoms with Gasteiger partial charge in [0.1, 0.15) is 12.2 Å².